The molecule has 7 heteroatoms. The van der Waals surface area contributed by atoms with Gasteiger partial charge in [-0.2, -0.15) is 0 Å². The van der Waals surface area contributed by atoms with Crippen LogP contribution in [0, 0.1) is 0 Å². The molecule has 0 aliphatic heterocycles. The Hall–Kier alpha value is -2.15. The fraction of sp³-hybridized carbons (Fsp3) is 0.333. The van der Waals surface area contributed by atoms with E-state index in [1.54, 1.807) is 18.2 Å². The molecule has 2 heterocycles. The standard InChI is InChI=1S/C21H25ClN2O3Si/c1-26-21(25)16-7-5-15(6-8-16)18-13-17-9-10-19(22)23-20(17)24(18)14-27-11-12-28(2,3)4/h5-10,13H,11-12,14H2,1-4H3. The van der Waals surface area contributed by atoms with Gasteiger partial charge in [0.2, 0.25) is 0 Å². The summed E-state index contributed by atoms with van der Waals surface area (Å²) in [4.78, 5) is 16.2. The molecule has 5 nitrogen and oxygen atoms in total. The summed E-state index contributed by atoms with van der Waals surface area (Å²) >= 11 is 6.13. The zero-order valence-electron chi connectivity index (χ0n) is 16.7. The first-order chi connectivity index (χ1) is 13.3. The van der Waals surface area contributed by atoms with Crippen molar-refractivity contribution in [2.45, 2.75) is 32.4 Å². The van der Waals surface area contributed by atoms with Gasteiger partial charge in [-0.15, -0.1) is 0 Å². The Kier molecular flexibility index (Phi) is 6.22. The van der Waals surface area contributed by atoms with Gasteiger partial charge in [0.1, 0.15) is 17.5 Å². The predicted molar refractivity (Wildman–Crippen MR) is 116 cm³/mol. The largest absolute Gasteiger partial charge is 0.465 e. The van der Waals surface area contributed by atoms with Crippen LogP contribution in [0.2, 0.25) is 30.8 Å². The molecule has 148 valence electrons. The summed E-state index contributed by atoms with van der Waals surface area (Å²) in [6.45, 7) is 8.11. The number of carbonyl (C=O) groups excluding carboxylic acids is 1. The number of ether oxygens (including phenoxy) is 2. The first-order valence-corrected chi connectivity index (χ1v) is 13.3. The molecule has 0 aliphatic rings. The van der Waals surface area contributed by atoms with E-state index in [9.17, 15) is 4.79 Å². The molecule has 0 spiro atoms. The van der Waals surface area contributed by atoms with Crippen LogP contribution in [0.15, 0.2) is 42.5 Å². The molecule has 0 radical (unpaired) electrons. The minimum Gasteiger partial charge on any atom is -0.465 e. The summed E-state index contributed by atoms with van der Waals surface area (Å²) in [6, 6.07) is 14.2. The highest BCUT2D eigenvalue weighted by Gasteiger charge is 2.15. The molecule has 3 aromatic rings. The summed E-state index contributed by atoms with van der Waals surface area (Å²) in [7, 11) is 0.221. The number of nitrogens with zero attached hydrogens (tertiary/aromatic N) is 2. The summed E-state index contributed by atoms with van der Waals surface area (Å²) in [6.07, 6.45) is 0. The molecule has 0 unspecified atom stereocenters. The fourth-order valence-corrected chi connectivity index (χ4v) is 3.80. The van der Waals surface area contributed by atoms with Gasteiger partial charge >= 0.3 is 5.97 Å². The maximum Gasteiger partial charge on any atom is 0.337 e. The Balaban J connectivity index is 1.93. The van der Waals surface area contributed by atoms with Crippen LogP contribution in [0.4, 0.5) is 0 Å². The van der Waals surface area contributed by atoms with Gasteiger partial charge in [0, 0.05) is 20.1 Å². The minimum atomic E-state index is -1.15. The molecule has 28 heavy (non-hydrogen) atoms. The second-order valence-electron chi connectivity index (χ2n) is 7.92. The van der Waals surface area contributed by atoms with Crippen molar-refractivity contribution < 1.29 is 14.3 Å². The number of methoxy groups -OCH3 is 1. The molecule has 0 bridgehead atoms. The minimum absolute atomic E-state index is 0.352. The monoisotopic (exact) mass is 416 g/mol. The highest BCUT2D eigenvalue weighted by molar-refractivity contribution is 6.76. The Labute approximate surface area is 171 Å². The van der Waals surface area contributed by atoms with Crippen LogP contribution >= 0.6 is 11.6 Å². The van der Waals surface area contributed by atoms with Gasteiger partial charge in [-0.3, -0.25) is 0 Å². The van der Waals surface area contributed by atoms with Gasteiger partial charge in [0.15, 0.2) is 0 Å². The summed E-state index contributed by atoms with van der Waals surface area (Å²) < 4.78 is 12.8. The van der Waals surface area contributed by atoms with E-state index in [-0.39, 0.29) is 5.97 Å². The molecule has 0 amide bonds. The van der Waals surface area contributed by atoms with Crippen LogP contribution in [-0.2, 0) is 16.2 Å². The average molecular weight is 417 g/mol. The number of carbonyl (C=O) groups is 1. The van der Waals surface area contributed by atoms with Crippen molar-refractivity contribution in [1.29, 1.82) is 0 Å². The molecule has 1 aromatic carbocycles. The van der Waals surface area contributed by atoms with Gasteiger partial charge in [0.05, 0.1) is 18.4 Å². The number of pyridine rings is 1. The normalized spacial score (nSPS) is 11.8. The molecule has 2 aromatic heterocycles. The third kappa shape index (κ3) is 4.81. The van der Waals surface area contributed by atoms with Crippen molar-refractivity contribution in [2.24, 2.45) is 0 Å². The first kappa shape index (κ1) is 20.6. The Morgan fingerprint density at radius 2 is 1.86 bits per heavy atom. The number of benzene rings is 1. The predicted octanol–water partition coefficient (Wildman–Crippen LogP) is 5.46. The second kappa shape index (κ2) is 8.47. The average Bonchev–Trinajstić information content (AvgIpc) is 3.01. The molecule has 0 aliphatic carbocycles. The van der Waals surface area contributed by atoms with Crippen LogP contribution in [0.25, 0.3) is 22.3 Å². The van der Waals surface area contributed by atoms with E-state index in [0.717, 1.165) is 34.9 Å². The number of fused-ring (bicyclic) bond motifs is 1. The van der Waals surface area contributed by atoms with Gasteiger partial charge < -0.3 is 14.0 Å². The first-order valence-electron chi connectivity index (χ1n) is 9.21. The number of halogens is 1. The van der Waals surface area contributed by atoms with Crippen LogP contribution in [0.1, 0.15) is 10.4 Å². The van der Waals surface area contributed by atoms with Crippen LogP contribution < -0.4 is 0 Å². The van der Waals surface area contributed by atoms with Crippen LogP contribution in [-0.4, -0.2) is 37.3 Å². The number of esters is 1. The van der Waals surface area contributed by atoms with E-state index in [1.165, 1.54) is 7.11 Å². The lowest BCUT2D eigenvalue weighted by atomic mass is 10.1. The van der Waals surface area contributed by atoms with Crippen molar-refractivity contribution in [3.05, 3.63) is 53.2 Å². The van der Waals surface area contributed by atoms with Crippen molar-refractivity contribution in [2.75, 3.05) is 13.7 Å². The van der Waals surface area contributed by atoms with E-state index in [1.807, 2.05) is 22.8 Å². The molecular weight excluding hydrogens is 392 g/mol. The second-order valence-corrected chi connectivity index (χ2v) is 13.9. The summed E-state index contributed by atoms with van der Waals surface area (Å²) in [5.41, 5.74) is 3.23. The zero-order valence-corrected chi connectivity index (χ0v) is 18.4. The van der Waals surface area contributed by atoms with Gasteiger partial charge in [0.25, 0.3) is 0 Å². The van der Waals surface area contributed by atoms with Crippen LogP contribution in [0.5, 0.6) is 0 Å². The lowest BCUT2D eigenvalue weighted by Gasteiger charge is -2.16. The quantitative estimate of drug-likeness (QED) is 0.222. The van der Waals surface area contributed by atoms with Gasteiger partial charge in [-0.05, 0) is 41.9 Å². The Bertz CT molecular complexity index is 978. The van der Waals surface area contributed by atoms with E-state index >= 15 is 0 Å². The molecule has 0 saturated carbocycles. The Morgan fingerprint density at radius 1 is 1.14 bits per heavy atom. The Morgan fingerprint density at radius 3 is 2.50 bits per heavy atom. The lowest BCUT2D eigenvalue weighted by molar-refractivity contribution is 0.0600. The van der Waals surface area contributed by atoms with E-state index in [4.69, 9.17) is 21.1 Å². The summed E-state index contributed by atoms with van der Waals surface area (Å²) in [5.74, 6) is -0.352. The zero-order chi connectivity index (χ0) is 20.3. The van der Waals surface area contributed by atoms with E-state index < -0.39 is 8.07 Å². The third-order valence-corrected chi connectivity index (χ3v) is 6.44. The van der Waals surface area contributed by atoms with Gasteiger partial charge in [-0.1, -0.05) is 43.4 Å². The lowest BCUT2D eigenvalue weighted by Crippen LogP contribution is -2.22. The fourth-order valence-electron chi connectivity index (χ4n) is 2.90. The molecule has 0 atom stereocenters. The molecule has 0 N–H and O–H groups in total. The smallest absolute Gasteiger partial charge is 0.337 e. The van der Waals surface area contributed by atoms with E-state index in [2.05, 4.69) is 30.7 Å². The van der Waals surface area contributed by atoms with Crippen molar-refractivity contribution in [1.82, 2.24) is 9.55 Å². The molecule has 0 fully saturated rings. The number of hydrogen-bond donors (Lipinski definition) is 0. The van der Waals surface area contributed by atoms with Crippen molar-refractivity contribution in [3.8, 4) is 11.3 Å². The topological polar surface area (TPSA) is 53.3 Å². The third-order valence-electron chi connectivity index (χ3n) is 4.53. The van der Waals surface area contributed by atoms with Crippen molar-refractivity contribution >= 4 is 36.7 Å². The molecule has 0 saturated heterocycles. The number of hydrogen-bond acceptors (Lipinski definition) is 4. The molecule has 3 rings (SSSR count). The van der Waals surface area contributed by atoms with Gasteiger partial charge in [-0.25, -0.2) is 9.78 Å². The summed E-state index contributed by atoms with van der Waals surface area (Å²) in [5, 5.41) is 1.44. The van der Waals surface area contributed by atoms with E-state index in [0.29, 0.717) is 17.4 Å². The highest BCUT2D eigenvalue weighted by atomic mass is 35.5. The van der Waals surface area contributed by atoms with Crippen molar-refractivity contribution in [3.63, 3.8) is 0 Å². The molecular formula is C21H25ClN2O3Si. The number of aromatic nitrogens is 2. The maximum absolute atomic E-state index is 11.7. The number of rotatable bonds is 7. The maximum atomic E-state index is 11.7. The highest BCUT2D eigenvalue weighted by Crippen LogP contribution is 2.29. The van der Waals surface area contributed by atoms with Crippen LogP contribution in [0.3, 0.4) is 0 Å². The SMILES string of the molecule is COC(=O)c1ccc(-c2cc3ccc(Cl)nc3n2COCC[Si](C)(C)C)cc1.